The molecular formula is C15H21NO3. The van der Waals surface area contributed by atoms with Crippen LogP contribution in [0, 0.1) is 13.8 Å². The van der Waals surface area contributed by atoms with Crippen LogP contribution < -0.4 is 5.32 Å². The predicted octanol–water partition coefficient (Wildman–Crippen LogP) is 2.22. The molecule has 0 aromatic heterocycles. The Morgan fingerprint density at radius 2 is 1.89 bits per heavy atom. The Balaban J connectivity index is 2.64. The molecule has 1 aromatic carbocycles. The van der Waals surface area contributed by atoms with Gasteiger partial charge in [-0.15, -0.1) is 0 Å². The van der Waals surface area contributed by atoms with Gasteiger partial charge in [0.25, 0.3) is 0 Å². The molecule has 19 heavy (non-hydrogen) atoms. The molecule has 1 amide bonds. The summed E-state index contributed by atoms with van der Waals surface area (Å²) < 4.78 is 0. The SMILES string of the molecule is Cc1ccc(CCC(C)(C)NC(=O)C(=O)O)c(C)c1. The zero-order chi connectivity index (χ0) is 14.6. The van der Waals surface area contributed by atoms with Crippen LogP contribution in [-0.4, -0.2) is 22.5 Å². The third-order valence-electron chi connectivity index (χ3n) is 3.16. The fraction of sp³-hybridized carbons (Fsp3) is 0.467. The number of nitrogens with one attached hydrogen (secondary N) is 1. The number of hydrogen-bond acceptors (Lipinski definition) is 2. The second kappa shape index (κ2) is 5.87. The molecule has 0 aliphatic carbocycles. The van der Waals surface area contributed by atoms with Crippen LogP contribution in [0.25, 0.3) is 0 Å². The largest absolute Gasteiger partial charge is 0.474 e. The molecule has 104 valence electrons. The number of benzene rings is 1. The van der Waals surface area contributed by atoms with Crippen molar-refractivity contribution in [1.82, 2.24) is 5.32 Å². The van der Waals surface area contributed by atoms with Gasteiger partial charge in [-0.2, -0.15) is 0 Å². The van der Waals surface area contributed by atoms with E-state index >= 15 is 0 Å². The van der Waals surface area contributed by atoms with Gasteiger partial charge in [0.2, 0.25) is 0 Å². The normalized spacial score (nSPS) is 11.2. The van der Waals surface area contributed by atoms with Gasteiger partial charge >= 0.3 is 11.9 Å². The van der Waals surface area contributed by atoms with Gasteiger partial charge in [-0.05, 0) is 51.7 Å². The lowest BCUT2D eigenvalue weighted by Gasteiger charge is -2.25. The summed E-state index contributed by atoms with van der Waals surface area (Å²) in [6, 6.07) is 6.27. The fourth-order valence-electron chi connectivity index (χ4n) is 2.00. The van der Waals surface area contributed by atoms with Crippen LogP contribution in [0.2, 0.25) is 0 Å². The van der Waals surface area contributed by atoms with Crippen LogP contribution in [0.4, 0.5) is 0 Å². The van der Waals surface area contributed by atoms with Gasteiger partial charge in [-0.1, -0.05) is 23.8 Å². The van der Waals surface area contributed by atoms with Crippen molar-refractivity contribution in [2.75, 3.05) is 0 Å². The molecule has 0 radical (unpaired) electrons. The number of hydrogen-bond donors (Lipinski definition) is 2. The number of rotatable bonds is 4. The fourth-order valence-corrected chi connectivity index (χ4v) is 2.00. The zero-order valence-electron chi connectivity index (χ0n) is 11.9. The van der Waals surface area contributed by atoms with Crippen molar-refractivity contribution in [2.45, 2.75) is 46.1 Å². The van der Waals surface area contributed by atoms with Crippen molar-refractivity contribution in [1.29, 1.82) is 0 Å². The van der Waals surface area contributed by atoms with E-state index in [1.807, 2.05) is 20.8 Å². The third kappa shape index (κ3) is 4.73. The molecule has 0 atom stereocenters. The van der Waals surface area contributed by atoms with Gasteiger partial charge in [0.1, 0.15) is 0 Å². The number of carbonyl (C=O) groups excluding carboxylic acids is 1. The summed E-state index contributed by atoms with van der Waals surface area (Å²) in [4.78, 5) is 21.7. The zero-order valence-corrected chi connectivity index (χ0v) is 11.9. The van der Waals surface area contributed by atoms with Crippen LogP contribution in [0.3, 0.4) is 0 Å². The number of aliphatic carboxylic acids is 1. The Bertz CT molecular complexity index is 492. The van der Waals surface area contributed by atoms with Gasteiger partial charge in [-0.25, -0.2) is 4.79 Å². The standard InChI is InChI=1S/C15H21NO3/c1-10-5-6-12(11(2)9-10)7-8-15(3,4)16-13(17)14(18)19/h5-6,9H,7-8H2,1-4H3,(H,16,17)(H,18,19). The van der Waals surface area contributed by atoms with E-state index in [-0.39, 0.29) is 0 Å². The average molecular weight is 263 g/mol. The van der Waals surface area contributed by atoms with Crippen LogP contribution in [0.5, 0.6) is 0 Å². The third-order valence-corrected chi connectivity index (χ3v) is 3.16. The monoisotopic (exact) mass is 263 g/mol. The molecule has 0 saturated heterocycles. The second-order valence-electron chi connectivity index (χ2n) is 5.57. The highest BCUT2D eigenvalue weighted by Gasteiger charge is 2.23. The molecule has 0 saturated carbocycles. The highest BCUT2D eigenvalue weighted by molar-refractivity contribution is 6.31. The van der Waals surface area contributed by atoms with Crippen LogP contribution >= 0.6 is 0 Å². The van der Waals surface area contributed by atoms with Gasteiger partial charge in [-0.3, -0.25) is 4.79 Å². The Labute approximate surface area is 113 Å². The maximum atomic E-state index is 11.2. The van der Waals surface area contributed by atoms with E-state index in [9.17, 15) is 9.59 Å². The number of aryl methyl sites for hydroxylation is 3. The second-order valence-corrected chi connectivity index (χ2v) is 5.57. The number of carboxylic acids is 1. The molecule has 0 bridgehead atoms. The highest BCUT2D eigenvalue weighted by atomic mass is 16.4. The Morgan fingerprint density at radius 1 is 1.26 bits per heavy atom. The molecule has 0 aliphatic rings. The summed E-state index contributed by atoms with van der Waals surface area (Å²) in [6.45, 7) is 7.77. The molecular weight excluding hydrogens is 242 g/mol. The quantitative estimate of drug-likeness (QED) is 0.818. The van der Waals surface area contributed by atoms with Crippen molar-refractivity contribution in [3.05, 3.63) is 34.9 Å². The first-order valence-electron chi connectivity index (χ1n) is 6.33. The van der Waals surface area contributed by atoms with E-state index in [1.165, 1.54) is 16.7 Å². The Hall–Kier alpha value is -1.84. The first-order chi connectivity index (χ1) is 8.71. The number of carboxylic acid groups (broad SMARTS) is 1. The van der Waals surface area contributed by atoms with Crippen LogP contribution in [0.1, 0.15) is 37.0 Å². The molecule has 2 N–H and O–H groups in total. The minimum Gasteiger partial charge on any atom is -0.474 e. The molecule has 0 unspecified atom stereocenters. The molecule has 1 rings (SSSR count). The van der Waals surface area contributed by atoms with E-state index in [0.717, 1.165) is 6.42 Å². The number of amides is 1. The summed E-state index contributed by atoms with van der Waals surface area (Å²) in [5.74, 6) is -2.40. The minimum atomic E-state index is -1.44. The van der Waals surface area contributed by atoms with E-state index in [0.29, 0.717) is 6.42 Å². The maximum Gasteiger partial charge on any atom is 0.394 e. The summed E-state index contributed by atoms with van der Waals surface area (Å²) in [7, 11) is 0. The molecule has 4 heteroatoms. The van der Waals surface area contributed by atoms with Crippen LogP contribution in [-0.2, 0) is 16.0 Å². The molecule has 4 nitrogen and oxygen atoms in total. The topological polar surface area (TPSA) is 66.4 Å². The molecule has 0 heterocycles. The van der Waals surface area contributed by atoms with E-state index in [4.69, 9.17) is 5.11 Å². The van der Waals surface area contributed by atoms with Crippen molar-refractivity contribution < 1.29 is 14.7 Å². The lowest BCUT2D eigenvalue weighted by molar-refractivity contribution is -0.151. The van der Waals surface area contributed by atoms with Crippen molar-refractivity contribution in [2.24, 2.45) is 0 Å². The van der Waals surface area contributed by atoms with Crippen LogP contribution in [0.15, 0.2) is 18.2 Å². The molecule has 0 spiro atoms. The van der Waals surface area contributed by atoms with E-state index in [1.54, 1.807) is 0 Å². The van der Waals surface area contributed by atoms with Crippen molar-refractivity contribution >= 4 is 11.9 Å². The van der Waals surface area contributed by atoms with Gasteiger partial charge in [0.05, 0.1) is 0 Å². The first kappa shape index (κ1) is 15.2. The first-order valence-corrected chi connectivity index (χ1v) is 6.33. The van der Waals surface area contributed by atoms with Crippen molar-refractivity contribution in [3.8, 4) is 0 Å². The predicted molar refractivity (Wildman–Crippen MR) is 74.1 cm³/mol. The number of carbonyl (C=O) groups is 2. The minimum absolute atomic E-state index is 0.535. The highest BCUT2D eigenvalue weighted by Crippen LogP contribution is 2.17. The maximum absolute atomic E-state index is 11.2. The Kier molecular flexibility index (Phi) is 4.70. The summed E-state index contributed by atoms with van der Waals surface area (Å²) in [6.07, 6.45) is 1.49. The Morgan fingerprint density at radius 3 is 2.42 bits per heavy atom. The molecule has 1 aromatic rings. The lowest BCUT2D eigenvalue weighted by Crippen LogP contribution is -2.46. The summed E-state index contributed by atoms with van der Waals surface area (Å²) in [5, 5.41) is 11.1. The van der Waals surface area contributed by atoms with E-state index < -0.39 is 17.4 Å². The summed E-state index contributed by atoms with van der Waals surface area (Å²) in [5.41, 5.74) is 3.13. The van der Waals surface area contributed by atoms with E-state index in [2.05, 4.69) is 30.4 Å². The summed E-state index contributed by atoms with van der Waals surface area (Å²) >= 11 is 0. The van der Waals surface area contributed by atoms with Crippen molar-refractivity contribution in [3.63, 3.8) is 0 Å². The van der Waals surface area contributed by atoms with Gasteiger partial charge in [0.15, 0.2) is 0 Å². The smallest absolute Gasteiger partial charge is 0.394 e. The molecule has 0 fully saturated rings. The molecule has 0 aliphatic heterocycles. The lowest BCUT2D eigenvalue weighted by atomic mass is 9.93. The average Bonchev–Trinajstić information content (AvgIpc) is 2.27. The van der Waals surface area contributed by atoms with Gasteiger partial charge in [0, 0.05) is 5.54 Å². The van der Waals surface area contributed by atoms with Gasteiger partial charge < -0.3 is 10.4 Å².